The molecule has 0 bridgehead atoms. The van der Waals surface area contributed by atoms with Gasteiger partial charge >= 0.3 is 0 Å². The van der Waals surface area contributed by atoms with E-state index in [1.807, 2.05) is 0 Å². The summed E-state index contributed by atoms with van der Waals surface area (Å²) in [5, 5.41) is 5.69. The molecule has 0 saturated heterocycles. The average molecular weight is 202 g/mol. The van der Waals surface area contributed by atoms with Crippen LogP contribution in [0.1, 0.15) is 20.3 Å². The molecule has 0 aromatic heterocycles. The predicted octanol–water partition coefficient (Wildman–Crippen LogP) is -0.253. The highest BCUT2D eigenvalue weighted by Crippen LogP contribution is 2.00. The van der Waals surface area contributed by atoms with Crippen molar-refractivity contribution in [1.29, 1.82) is 0 Å². The summed E-state index contributed by atoms with van der Waals surface area (Å²) >= 11 is 0. The fraction of sp³-hybridized carbons (Fsp3) is 1.00. The second kappa shape index (κ2) is 9.44. The van der Waals surface area contributed by atoms with Crippen LogP contribution in [0.4, 0.5) is 0 Å². The standard InChI is InChI=1S/C11H27N3/c1-5-14(4)9-6-11(2)10-13-8-7-12-3/h11-13H,5-10H2,1-4H3/p+1. The second-order valence-corrected chi connectivity index (χ2v) is 4.19. The largest absolute Gasteiger partial charge is 0.348 e. The number of quaternary nitrogens is 1. The third-order valence-electron chi connectivity index (χ3n) is 2.65. The lowest BCUT2D eigenvalue weighted by atomic mass is 10.1. The van der Waals surface area contributed by atoms with E-state index < -0.39 is 0 Å². The highest BCUT2D eigenvalue weighted by atomic mass is 15.1. The summed E-state index contributed by atoms with van der Waals surface area (Å²) in [7, 11) is 4.30. The zero-order valence-corrected chi connectivity index (χ0v) is 10.3. The average Bonchev–Trinajstić information content (AvgIpc) is 2.21. The first kappa shape index (κ1) is 13.9. The van der Waals surface area contributed by atoms with Gasteiger partial charge in [0.25, 0.3) is 0 Å². The van der Waals surface area contributed by atoms with Crippen LogP contribution in [0, 0.1) is 5.92 Å². The van der Waals surface area contributed by atoms with Crippen LogP contribution in [0.15, 0.2) is 0 Å². The van der Waals surface area contributed by atoms with Crippen molar-refractivity contribution in [2.45, 2.75) is 20.3 Å². The molecule has 3 heteroatoms. The minimum absolute atomic E-state index is 0.792. The molecule has 1 atom stereocenters. The van der Waals surface area contributed by atoms with Crippen LogP contribution in [-0.4, -0.2) is 51.7 Å². The summed E-state index contributed by atoms with van der Waals surface area (Å²) in [4.78, 5) is 2.37. The summed E-state index contributed by atoms with van der Waals surface area (Å²) in [6.07, 6.45) is 1.30. The lowest BCUT2D eigenvalue weighted by molar-refractivity contribution is -0.625. The first-order chi connectivity index (χ1) is 6.70. The Morgan fingerprint density at radius 2 is 2.14 bits per heavy atom. The van der Waals surface area contributed by atoms with Gasteiger partial charge in [0.2, 0.25) is 0 Å². The Morgan fingerprint density at radius 1 is 1.43 bits per heavy atom. The molecule has 0 saturated carbocycles. The smallest absolute Gasteiger partial charge is 0.0880 e. The van der Waals surface area contributed by atoms with Crippen LogP contribution >= 0.6 is 0 Å². The molecular formula is C11H28N3+. The highest BCUT2D eigenvalue weighted by Gasteiger charge is 2.02. The lowest BCUT2D eigenvalue weighted by Crippen LogP contribution is -2.81. The maximum absolute atomic E-state index is 3.48. The van der Waals surface area contributed by atoms with Gasteiger partial charge in [-0.15, -0.1) is 0 Å². The zero-order valence-electron chi connectivity index (χ0n) is 10.3. The molecule has 0 aliphatic heterocycles. The lowest BCUT2D eigenvalue weighted by Gasteiger charge is -2.17. The van der Waals surface area contributed by atoms with Crippen molar-refractivity contribution >= 4 is 0 Å². The number of rotatable bonds is 9. The summed E-state index contributed by atoms with van der Waals surface area (Å²) in [6.45, 7) is 10.4. The van der Waals surface area contributed by atoms with E-state index in [4.69, 9.17) is 0 Å². The van der Waals surface area contributed by atoms with Gasteiger partial charge in [0, 0.05) is 6.54 Å². The zero-order chi connectivity index (χ0) is 10.8. The van der Waals surface area contributed by atoms with Gasteiger partial charge in [-0.3, -0.25) is 0 Å². The first-order valence-electron chi connectivity index (χ1n) is 5.87. The molecule has 0 aliphatic carbocycles. The molecule has 86 valence electrons. The molecule has 0 radical (unpaired) electrons. The summed E-state index contributed by atoms with van der Waals surface area (Å²) in [5.74, 6) is 0.792. The van der Waals surface area contributed by atoms with Gasteiger partial charge in [-0.05, 0) is 39.0 Å². The van der Waals surface area contributed by atoms with Gasteiger partial charge in [-0.1, -0.05) is 13.8 Å². The molecular weight excluding hydrogens is 174 g/mol. The molecule has 3 nitrogen and oxygen atoms in total. The Morgan fingerprint density at radius 3 is 2.71 bits per heavy atom. The monoisotopic (exact) mass is 202 g/mol. The third-order valence-corrected chi connectivity index (χ3v) is 2.65. The van der Waals surface area contributed by atoms with E-state index in [9.17, 15) is 0 Å². The fourth-order valence-corrected chi connectivity index (χ4v) is 1.30. The van der Waals surface area contributed by atoms with Crippen LogP contribution in [0.25, 0.3) is 0 Å². The van der Waals surface area contributed by atoms with Crippen LogP contribution in [0.3, 0.4) is 0 Å². The molecule has 14 heavy (non-hydrogen) atoms. The molecule has 0 rings (SSSR count). The molecule has 0 aliphatic rings. The number of likely N-dealkylation sites (N-methyl/N-ethyl adjacent to an activating group) is 1. The maximum Gasteiger partial charge on any atom is 0.0880 e. The molecule has 0 aromatic rings. The van der Waals surface area contributed by atoms with E-state index in [0.717, 1.165) is 25.6 Å². The van der Waals surface area contributed by atoms with Crippen molar-refractivity contribution in [2.24, 2.45) is 5.92 Å². The van der Waals surface area contributed by atoms with E-state index >= 15 is 0 Å². The van der Waals surface area contributed by atoms with Crippen molar-refractivity contribution in [3.63, 3.8) is 0 Å². The molecule has 3 N–H and O–H groups in total. The third kappa shape index (κ3) is 8.48. The van der Waals surface area contributed by atoms with Gasteiger partial charge in [0.15, 0.2) is 0 Å². The minimum Gasteiger partial charge on any atom is -0.348 e. The van der Waals surface area contributed by atoms with Crippen molar-refractivity contribution < 1.29 is 5.32 Å². The normalized spacial score (nSPS) is 13.5. The highest BCUT2D eigenvalue weighted by molar-refractivity contribution is 4.59. The molecule has 0 amide bonds. The summed E-state index contributed by atoms with van der Waals surface area (Å²) in [5.41, 5.74) is 0. The van der Waals surface area contributed by atoms with Crippen molar-refractivity contribution in [1.82, 2.24) is 10.2 Å². The topological polar surface area (TPSA) is 31.9 Å². The van der Waals surface area contributed by atoms with Gasteiger partial charge in [0.05, 0.1) is 13.6 Å². The van der Waals surface area contributed by atoms with Gasteiger partial charge < -0.3 is 15.5 Å². The number of hydrogen-bond donors (Lipinski definition) is 2. The Bertz CT molecular complexity index is 117. The molecule has 1 unspecified atom stereocenters. The minimum atomic E-state index is 0.792. The number of nitrogens with zero attached hydrogens (tertiary/aromatic N) is 1. The van der Waals surface area contributed by atoms with Gasteiger partial charge in [-0.2, -0.15) is 0 Å². The summed E-state index contributed by atoms with van der Waals surface area (Å²) < 4.78 is 0. The van der Waals surface area contributed by atoms with E-state index in [1.54, 1.807) is 0 Å². The van der Waals surface area contributed by atoms with Crippen LogP contribution in [0.5, 0.6) is 0 Å². The Labute approximate surface area is 89.2 Å². The van der Waals surface area contributed by atoms with Crippen molar-refractivity contribution in [3.05, 3.63) is 0 Å². The Kier molecular flexibility index (Phi) is 9.35. The van der Waals surface area contributed by atoms with Gasteiger partial charge in [-0.25, -0.2) is 0 Å². The van der Waals surface area contributed by atoms with E-state index in [-0.39, 0.29) is 0 Å². The van der Waals surface area contributed by atoms with E-state index in [2.05, 4.69) is 43.5 Å². The van der Waals surface area contributed by atoms with Crippen LogP contribution in [0.2, 0.25) is 0 Å². The molecule has 0 fully saturated rings. The molecule has 0 aromatic carbocycles. The SMILES string of the molecule is CCN(C)CCC(C)CNCC[NH2+]C. The molecule has 0 heterocycles. The van der Waals surface area contributed by atoms with Gasteiger partial charge in [0.1, 0.15) is 0 Å². The van der Waals surface area contributed by atoms with Crippen molar-refractivity contribution in [2.75, 3.05) is 46.8 Å². The van der Waals surface area contributed by atoms with Crippen molar-refractivity contribution in [3.8, 4) is 0 Å². The quantitative estimate of drug-likeness (QED) is 0.505. The van der Waals surface area contributed by atoms with Crippen LogP contribution in [-0.2, 0) is 0 Å². The number of nitrogens with one attached hydrogen (secondary N) is 1. The summed E-state index contributed by atoms with van der Waals surface area (Å²) in [6, 6.07) is 0. The van der Waals surface area contributed by atoms with E-state index in [0.29, 0.717) is 0 Å². The Hall–Kier alpha value is -0.120. The maximum atomic E-state index is 3.48. The first-order valence-corrected chi connectivity index (χ1v) is 5.87. The number of nitrogens with two attached hydrogens (primary N) is 1. The van der Waals surface area contributed by atoms with E-state index in [1.165, 1.54) is 19.5 Å². The Balaban J connectivity index is 3.23. The van der Waals surface area contributed by atoms with Crippen LogP contribution < -0.4 is 10.6 Å². The predicted molar refractivity (Wildman–Crippen MR) is 62.5 cm³/mol. The molecule has 0 spiro atoms. The second-order valence-electron chi connectivity index (χ2n) is 4.19. The fourth-order valence-electron chi connectivity index (χ4n) is 1.30. The number of hydrogen-bond acceptors (Lipinski definition) is 2.